The van der Waals surface area contributed by atoms with Gasteiger partial charge in [0.1, 0.15) is 4.90 Å². The zero-order valence-electron chi connectivity index (χ0n) is 16.3. The fourth-order valence-electron chi connectivity index (χ4n) is 2.41. The largest absolute Gasteiger partial charge is 0.426 e. The maximum absolute atomic E-state index is 13.0. The number of aryl methyl sites for hydroxylation is 1. The van der Waals surface area contributed by atoms with E-state index >= 15 is 0 Å². The Labute approximate surface area is 181 Å². The Morgan fingerprint density at radius 3 is 2.00 bits per heavy atom. The molecule has 0 aliphatic heterocycles. The van der Waals surface area contributed by atoms with Crippen molar-refractivity contribution < 1.29 is 39.9 Å². The molecule has 0 saturated carbocycles. The smallest absolute Gasteiger partial charge is 0.373 e. The SMILES string of the molecule is Cc1ccc(S(=O)(=O)c2ccc(NC(=O)[C@@](C)(O)C(F)(F)F)c(Cl)c2S(C)(=O)=O)cc1. The predicted molar refractivity (Wildman–Crippen MR) is 107 cm³/mol. The lowest BCUT2D eigenvalue weighted by molar-refractivity contribution is -0.242. The summed E-state index contributed by atoms with van der Waals surface area (Å²) in [5.74, 6) is -1.93. The molecule has 0 heterocycles. The predicted octanol–water partition coefficient (Wildman–Crippen LogP) is 3.14. The monoisotopic (exact) mass is 499 g/mol. The van der Waals surface area contributed by atoms with Crippen molar-refractivity contribution in [3.8, 4) is 0 Å². The van der Waals surface area contributed by atoms with Crippen LogP contribution in [0.15, 0.2) is 51.1 Å². The minimum atomic E-state index is -5.34. The van der Waals surface area contributed by atoms with Crippen LogP contribution in [-0.2, 0) is 24.5 Å². The molecule has 2 aromatic carbocycles. The summed E-state index contributed by atoms with van der Waals surface area (Å²) in [7, 11) is -8.73. The van der Waals surface area contributed by atoms with Gasteiger partial charge in [0.2, 0.25) is 15.4 Å². The third kappa shape index (κ3) is 4.86. The van der Waals surface area contributed by atoms with E-state index in [2.05, 4.69) is 0 Å². The number of amides is 1. The molecule has 0 radical (unpaired) electrons. The quantitative estimate of drug-likeness (QED) is 0.652. The van der Waals surface area contributed by atoms with Gasteiger partial charge in [0.05, 0.1) is 20.5 Å². The number of carbonyl (C=O) groups excluding carboxylic acids is 1. The molecule has 2 aromatic rings. The van der Waals surface area contributed by atoms with Crippen LogP contribution < -0.4 is 5.32 Å². The van der Waals surface area contributed by atoms with Crippen molar-refractivity contribution in [3.63, 3.8) is 0 Å². The lowest BCUT2D eigenvalue weighted by atomic mass is 10.1. The molecule has 7 nitrogen and oxygen atoms in total. The highest BCUT2D eigenvalue weighted by atomic mass is 35.5. The van der Waals surface area contributed by atoms with Crippen LogP contribution in [0.2, 0.25) is 5.02 Å². The average molecular weight is 500 g/mol. The van der Waals surface area contributed by atoms with Crippen LogP contribution in [0.4, 0.5) is 18.9 Å². The van der Waals surface area contributed by atoms with Gasteiger partial charge in [-0.1, -0.05) is 29.3 Å². The average Bonchev–Trinajstić information content (AvgIpc) is 2.61. The van der Waals surface area contributed by atoms with Gasteiger partial charge in [0.25, 0.3) is 5.91 Å². The number of nitrogens with one attached hydrogen (secondary N) is 1. The van der Waals surface area contributed by atoms with Gasteiger partial charge in [-0.25, -0.2) is 16.8 Å². The Kier molecular flexibility index (Phi) is 6.55. The van der Waals surface area contributed by atoms with Gasteiger partial charge in [0, 0.05) is 6.26 Å². The number of aliphatic hydroxyl groups is 1. The number of alkyl halides is 3. The Morgan fingerprint density at radius 1 is 1.03 bits per heavy atom. The summed E-state index contributed by atoms with van der Waals surface area (Å²) >= 11 is 6.00. The van der Waals surface area contributed by atoms with E-state index in [1.807, 2.05) is 0 Å². The zero-order valence-corrected chi connectivity index (χ0v) is 18.7. The first-order valence-electron chi connectivity index (χ1n) is 8.35. The van der Waals surface area contributed by atoms with E-state index in [0.29, 0.717) is 6.26 Å². The Bertz CT molecular complexity index is 1240. The van der Waals surface area contributed by atoms with Crippen LogP contribution >= 0.6 is 11.6 Å². The lowest BCUT2D eigenvalue weighted by Gasteiger charge is -2.25. The van der Waals surface area contributed by atoms with Crippen LogP contribution in [0.25, 0.3) is 0 Å². The number of rotatable bonds is 5. The third-order valence-corrected chi connectivity index (χ3v) is 7.91. The molecule has 0 saturated heterocycles. The molecule has 2 rings (SSSR count). The van der Waals surface area contributed by atoms with Gasteiger partial charge in [-0.2, -0.15) is 13.2 Å². The summed E-state index contributed by atoms with van der Waals surface area (Å²) in [6.45, 7) is 1.91. The second kappa shape index (κ2) is 8.08. The van der Waals surface area contributed by atoms with Crippen molar-refractivity contribution in [1.29, 1.82) is 0 Å². The number of hydrogen-bond acceptors (Lipinski definition) is 6. The molecule has 0 unspecified atom stereocenters. The van der Waals surface area contributed by atoms with E-state index in [9.17, 15) is 39.9 Å². The Hall–Kier alpha value is -2.15. The van der Waals surface area contributed by atoms with E-state index in [0.717, 1.165) is 17.7 Å². The Balaban J connectivity index is 2.67. The van der Waals surface area contributed by atoms with Crippen LogP contribution in [0.5, 0.6) is 0 Å². The highest BCUT2D eigenvalue weighted by molar-refractivity contribution is 7.94. The normalized spacial score (nSPS) is 14.7. The second-order valence-corrected chi connectivity index (χ2v) is 11.1. The first kappa shape index (κ1) is 25.1. The maximum atomic E-state index is 13.0. The number of hydrogen-bond donors (Lipinski definition) is 2. The zero-order chi connectivity index (χ0) is 24.0. The molecule has 0 aliphatic carbocycles. The molecule has 1 amide bonds. The van der Waals surface area contributed by atoms with Crippen LogP contribution in [0, 0.1) is 6.92 Å². The molecule has 170 valence electrons. The first-order valence-corrected chi connectivity index (χ1v) is 12.1. The number of anilines is 1. The van der Waals surface area contributed by atoms with E-state index < -0.39 is 57.9 Å². The van der Waals surface area contributed by atoms with E-state index in [1.165, 1.54) is 24.3 Å². The molecule has 1 atom stereocenters. The molecule has 0 bridgehead atoms. The fraction of sp³-hybridized carbons (Fsp3) is 0.278. The number of halogens is 4. The number of carbonyl (C=O) groups is 1. The molecular formula is C18H17ClF3NO6S2. The summed E-state index contributed by atoms with van der Waals surface area (Å²) in [4.78, 5) is 10.1. The van der Waals surface area contributed by atoms with E-state index in [-0.39, 0.29) is 11.8 Å². The van der Waals surface area contributed by atoms with Crippen molar-refractivity contribution in [2.75, 3.05) is 11.6 Å². The minimum absolute atomic E-state index is 0.198. The standard InChI is InChI=1S/C18H17ClF3NO6S2/c1-10-4-6-11(7-5-10)31(28,29)13-9-8-12(14(19)15(13)30(3,26)27)23-16(24)17(2,25)18(20,21)22/h4-9,25H,1-3H3,(H,23,24)/t17-/m1/s1. The molecule has 2 N–H and O–H groups in total. The van der Waals surface area contributed by atoms with E-state index in [4.69, 9.17) is 11.6 Å². The highest BCUT2D eigenvalue weighted by Gasteiger charge is 2.56. The minimum Gasteiger partial charge on any atom is -0.373 e. The summed E-state index contributed by atoms with van der Waals surface area (Å²) in [6, 6.07) is 7.12. The van der Waals surface area contributed by atoms with Crippen molar-refractivity contribution in [2.45, 2.75) is 40.3 Å². The van der Waals surface area contributed by atoms with Gasteiger partial charge in [-0.05, 0) is 38.1 Å². The molecule has 13 heteroatoms. The van der Waals surface area contributed by atoms with Crippen LogP contribution in [0.3, 0.4) is 0 Å². The van der Waals surface area contributed by atoms with Crippen molar-refractivity contribution in [1.82, 2.24) is 0 Å². The van der Waals surface area contributed by atoms with Gasteiger partial charge in [0.15, 0.2) is 9.84 Å². The van der Waals surface area contributed by atoms with E-state index in [1.54, 1.807) is 12.2 Å². The molecule has 0 aromatic heterocycles. The van der Waals surface area contributed by atoms with Crippen molar-refractivity contribution in [2.24, 2.45) is 0 Å². The van der Waals surface area contributed by atoms with Gasteiger partial charge >= 0.3 is 6.18 Å². The van der Waals surface area contributed by atoms with Crippen molar-refractivity contribution in [3.05, 3.63) is 47.0 Å². The second-order valence-electron chi connectivity index (χ2n) is 6.87. The number of benzene rings is 2. The molecule has 31 heavy (non-hydrogen) atoms. The molecule has 0 spiro atoms. The summed E-state index contributed by atoms with van der Waals surface area (Å²) in [6.07, 6.45) is -4.68. The van der Waals surface area contributed by atoms with Gasteiger partial charge in [-0.3, -0.25) is 4.79 Å². The third-order valence-electron chi connectivity index (χ3n) is 4.29. The lowest BCUT2D eigenvalue weighted by Crippen LogP contribution is -2.52. The van der Waals surface area contributed by atoms with Gasteiger partial charge < -0.3 is 10.4 Å². The summed E-state index contributed by atoms with van der Waals surface area (Å²) < 4.78 is 89.2. The summed E-state index contributed by atoms with van der Waals surface area (Å²) in [5.41, 5.74) is -3.69. The molecular weight excluding hydrogens is 483 g/mol. The summed E-state index contributed by atoms with van der Waals surface area (Å²) in [5, 5.41) is 10.3. The van der Waals surface area contributed by atoms with Crippen LogP contribution in [-0.4, -0.2) is 45.9 Å². The first-order chi connectivity index (χ1) is 13.9. The molecule has 0 fully saturated rings. The fourth-order valence-corrected chi connectivity index (χ4v) is 6.09. The molecule has 0 aliphatic rings. The maximum Gasteiger partial charge on any atom is 0.426 e. The topological polar surface area (TPSA) is 118 Å². The van der Waals surface area contributed by atoms with Gasteiger partial charge in [-0.15, -0.1) is 0 Å². The highest BCUT2D eigenvalue weighted by Crippen LogP contribution is 2.38. The van der Waals surface area contributed by atoms with Crippen molar-refractivity contribution >= 4 is 42.9 Å². The Morgan fingerprint density at radius 2 is 1.55 bits per heavy atom. The number of sulfone groups is 2. The van der Waals surface area contributed by atoms with Crippen LogP contribution in [0.1, 0.15) is 12.5 Å².